The van der Waals surface area contributed by atoms with E-state index in [1.54, 1.807) is 23.1 Å². The molecule has 168 valence electrons. The van der Waals surface area contributed by atoms with Crippen LogP contribution in [0.15, 0.2) is 56.1 Å². The molecule has 6 nitrogen and oxygen atoms in total. The van der Waals surface area contributed by atoms with Crippen LogP contribution in [-0.4, -0.2) is 36.7 Å². The molecule has 2 aromatic carbocycles. The molecule has 1 aliphatic rings. The monoisotopic (exact) mass is 499 g/mol. The van der Waals surface area contributed by atoms with Gasteiger partial charge in [-0.3, -0.25) is 9.59 Å². The van der Waals surface area contributed by atoms with Crippen LogP contribution in [-0.2, 0) is 4.74 Å². The zero-order valence-electron chi connectivity index (χ0n) is 18.4. The largest absolute Gasteiger partial charge is 0.494 e. The fraction of sp³-hybridized carbons (Fsp3) is 0.360. The van der Waals surface area contributed by atoms with Crippen molar-refractivity contribution in [3.05, 3.63) is 74.0 Å². The summed E-state index contributed by atoms with van der Waals surface area (Å²) in [4.78, 5) is 28.7. The van der Waals surface area contributed by atoms with Crippen molar-refractivity contribution in [2.24, 2.45) is 0 Å². The van der Waals surface area contributed by atoms with Crippen LogP contribution in [0.2, 0.25) is 0 Å². The molecule has 2 heterocycles. The van der Waals surface area contributed by atoms with Crippen LogP contribution in [0.3, 0.4) is 0 Å². The molecule has 1 aromatic heterocycles. The minimum atomic E-state index is -0.545. The smallest absolute Gasteiger partial charge is 0.290 e. The Hall–Kier alpha value is -2.64. The maximum absolute atomic E-state index is 13.6. The molecule has 1 aliphatic heterocycles. The van der Waals surface area contributed by atoms with Gasteiger partial charge in [0.25, 0.3) is 5.91 Å². The number of hydrogen-bond acceptors (Lipinski definition) is 5. The molecule has 0 fully saturated rings. The van der Waals surface area contributed by atoms with Crippen molar-refractivity contribution < 1.29 is 18.7 Å². The third kappa shape index (κ3) is 4.32. The van der Waals surface area contributed by atoms with Gasteiger partial charge in [0.2, 0.25) is 5.76 Å². The van der Waals surface area contributed by atoms with E-state index in [1.165, 1.54) is 0 Å². The Balaban J connectivity index is 1.82. The number of hydrogen-bond donors (Lipinski definition) is 0. The number of nitrogens with zero attached hydrogens (tertiary/aromatic N) is 1. The average molecular weight is 500 g/mol. The van der Waals surface area contributed by atoms with Gasteiger partial charge in [0.15, 0.2) is 5.43 Å². The lowest BCUT2D eigenvalue weighted by molar-refractivity contribution is 0.0593. The molecule has 0 radical (unpaired) electrons. The van der Waals surface area contributed by atoms with Crippen LogP contribution < -0.4 is 10.2 Å². The number of ether oxygens (including phenoxy) is 2. The van der Waals surface area contributed by atoms with E-state index < -0.39 is 6.04 Å². The highest BCUT2D eigenvalue weighted by Crippen LogP contribution is 2.39. The van der Waals surface area contributed by atoms with E-state index in [9.17, 15) is 9.59 Å². The van der Waals surface area contributed by atoms with Crippen molar-refractivity contribution in [2.45, 2.75) is 39.3 Å². The summed E-state index contributed by atoms with van der Waals surface area (Å²) in [5.41, 5.74) is 1.40. The van der Waals surface area contributed by atoms with Gasteiger partial charge >= 0.3 is 0 Å². The quantitative estimate of drug-likeness (QED) is 0.392. The third-order valence-corrected chi connectivity index (χ3v) is 5.90. The summed E-state index contributed by atoms with van der Waals surface area (Å²) >= 11 is 3.42. The Bertz CT molecular complexity index is 1200. The van der Waals surface area contributed by atoms with E-state index in [0.29, 0.717) is 48.5 Å². The van der Waals surface area contributed by atoms with Crippen molar-refractivity contribution in [1.29, 1.82) is 0 Å². The normalized spacial score (nSPS) is 15.6. The van der Waals surface area contributed by atoms with Gasteiger partial charge in [-0.05, 0) is 63.1 Å². The first kappa shape index (κ1) is 22.6. The van der Waals surface area contributed by atoms with Gasteiger partial charge < -0.3 is 18.8 Å². The standard InChI is InChI=1S/C25H26BrNO5/c1-4-30-18-8-5-7-16(13-18)22-21-23(28)19-14-17(26)9-10-20(19)32-24(21)25(29)27(22)11-6-12-31-15(2)3/h5,7-10,13-15,22H,4,6,11-12H2,1-3H3. The summed E-state index contributed by atoms with van der Waals surface area (Å²) in [5, 5.41) is 0.446. The van der Waals surface area contributed by atoms with Gasteiger partial charge in [-0.25, -0.2) is 0 Å². The lowest BCUT2D eigenvalue weighted by Crippen LogP contribution is -2.31. The molecule has 0 saturated carbocycles. The van der Waals surface area contributed by atoms with E-state index in [4.69, 9.17) is 13.9 Å². The number of rotatable bonds is 8. The van der Waals surface area contributed by atoms with Crippen LogP contribution >= 0.6 is 15.9 Å². The van der Waals surface area contributed by atoms with Crippen molar-refractivity contribution in [1.82, 2.24) is 4.90 Å². The first-order valence-electron chi connectivity index (χ1n) is 10.8. The molecule has 1 amide bonds. The predicted octanol–water partition coefficient (Wildman–Crippen LogP) is 5.31. The molecule has 0 spiro atoms. The minimum Gasteiger partial charge on any atom is -0.494 e. The highest BCUT2D eigenvalue weighted by Gasteiger charge is 2.42. The predicted molar refractivity (Wildman–Crippen MR) is 126 cm³/mol. The molecule has 3 aromatic rings. The molecule has 7 heteroatoms. The Morgan fingerprint density at radius 1 is 1.16 bits per heavy atom. The van der Waals surface area contributed by atoms with E-state index in [1.807, 2.05) is 45.0 Å². The van der Waals surface area contributed by atoms with Crippen LogP contribution in [0.1, 0.15) is 54.9 Å². The minimum absolute atomic E-state index is 0.112. The summed E-state index contributed by atoms with van der Waals surface area (Å²) in [6, 6.07) is 12.2. The first-order valence-corrected chi connectivity index (χ1v) is 11.6. The molecule has 1 unspecified atom stereocenters. The average Bonchev–Trinajstić information content (AvgIpc) is 3.04. The molecular formula is C25H26BrNO5. The molecule has 0 bridgehead atoms. The molecule has 32 heavy (non-hydrogen) atoms. The topological polar surface area (TPSA) is 69.0 Å². The lowest BCUT2D eigenvalue weighted by atomic mass is 9.98. The van der Waals surface area contributed by atoms with Crippen LogP contribution in [0, 0.1) is 0 Å². The van der Waals surface area contributed by atoms with Crippen molar-refractivity contribution >= 4 is 32.8 Å². The van der Waals surface area contributed by atoms with Gasteiger partial charge in [0.1, 0.15) is 11.3 Å². The Labute approximate surface area is 195 Å². The Morgan fingerprint density at radius 2 is 1.97 bits per heavy atom. The third-order valence-electron chi connectivity index (χ3n) is 5.41. The van der Waals surface area contributed by atoms with Crippen LogP contribution in [0.5, 0.6) is 5.75 Å². The molecule has 0 N–H and O–H groups in total. The first-order chi connectivity index (χ1) is 15.4. The maximum atomic E-state index is 13.6. The van der Waals surface area contributed by atoms with E-state index in [0.717, 1.165) is 10.0 Å². The zero-order chi connectivity index (χ0) is 22.8. The molecule has 0 aliphatic carbocycles. The SMILES string of the molecule is CCOc1cccc(C2c3c(oc4ccc(Br)cc4c3=O)C(=O)N2CCCOC(C)C)c1. The highest BCUT2D eigenvalue weighted by molar-refractivity contribution is 9.10. The van der Waals surface area contributed by atoms with Crippen molar-refractivity contribution in [3.8, 4) is 5.75 Å². The molecule has 1 atom stereocenters. The summed E-state index contributed by atoms with van der Waals surface area (Å²) in [5.74, 6) is 0.529. The van der Waals surface area contributed by atoms with E-state index in [2.05, 4.69) is 15.9 Å². The van der Waals surface area contributed by atoms with Crippen LogP contribution in [0.25, 0.3) is 11.0 Å². The Kier molecular flexibility index (Phi) is 6.67. The lowest BCUT2D eigenvalue weighted by Gasteiger charge is -2.25. The van der Waals surface area contributed by atoms with Gasteiger partial charge in [-0.2, -0.15) is 0 Å². The van der Waals surface area contributed by atoms with Gasteiger partial charge in [-0.15, -0.1) is 0 Å². The highest BCUT2D eigenvalue weighted by atomic mass is 79.9. The van der Waals surface area contributed by atoms with E-state index >= 15 is 0 Å². The second kappa shape index (κ2) is 9.46. The molecule has 4 rings (SSSR count). The van der Waals surface area contributed by atoms with Crippen molar-refractivity contribution in [3.63, 3.8) is 0 Å². The van der Waals surface area contributed by atoms with Gasteiger partial charge in [0.05, 0.1) is 29.7 Å². The zero-order valence-corrected chi connectivity index (χ0v) is 20.0. The second-order valence-corrected chi connectivity index (χ2v) is 8.91. The number of amides is 1. The summed E-state index contributed by atoms with van der Waals surface area (Å²) in [6.07, 6.45) is 0.769. The molecule has 0 saturated heterocycles. The van der Waals surface area contributed by atoms with Crippen LogP contribution in [0.4, 0.5) is 0 Å². The van der Waals surface area contributed by atoms with Gasteiger partial charge in [0, 0.05) is 17.6 Å². The van der Waals surface area contributed by atoms with Crippen molar-refractivity contribution in [2.75, 3.05) is 19.8 Å². The number of carbonyl (C=O) groups excluding carboxylic acids is 1. The summed E-state index contributed by atoms with van der Waals surface area (Å²) in [7, 11) is 0. The Morgan fingerprint density at radius 3 is 2.72 bits per heavy atom. The summed E-state index contributed by atoms with van der Waals surface area (Å²) in [6.45, 7) is 7.37. The number of halogens is 1. The van der Waals surface area contributed by atoms with E-state index in [-0.39, 0.29) is 23.2 Å². The second-order valence-electron chi connectivity index (χ2n) is 7.99. The fourth-order valence-electron chi connectivity index (χ4n) is 4.06. The molecular weight excluding hydrogens is 474 g/mol. The number of carbonyl (C=O) groups is 1. The number of benzene rings is 2. The maximum Gasteiger partial charge on any atom is 0.290 e. The number of fused-ring (bicyclic) bond motifs is 2. The summed E-state index contributed by atoms with van der Waals surface area (Å²) < 4.78 is 18.1. The fourth-order valence-corrected chi connectivity index (χ4v) is 4.43. The van der Waals surface area contributed by atoms with Gasteiger partial charge in [-0.1, -0.05) is 28.1 Å².